The average molecular weight is 403 g/mol. The molecule has 2 N–H and O–H groups in total. The van der Waals surface area contributed by atoms with Gasteiger partial charge in [-0.15, -0.1) is 11.3 Å². The van der Waals surface area contributed by atoms with E-state index in [9.17, 15) is 9.59 Å². The molecule has 0 saturated carbocycles. The Kier molecular flexibility index (Phi) is 7.00. The second-order valence-corrected chi connectivity index (χ2v) is 8.04. The van der Waals surface area contributed by atoms with Gasteiger partial charge in [-0.1, -0.05) is 12.1 Å². The molecule has 150 valence electrons. The molecule has 0 spiro atoms. The zero-order chi connectivity index (χ0) is 19.9. The van der Waals surface area contributed by atoms with Crippen LogP contribution in [0.3, 0.4) is 0 Å². The summed E-state index contributed by atoms with van der Waals surface area (Å²) in [4.78, 5) is 31.2. The van der Waals surface area contributed by atoms with E-state index in [0.29, 0.717) is 11.7 Å². The van der Waals surface area contributed by atoms with Gasteiger partial charge in [0.1, 0.15) is 5.75 Å². The van der Waals surface area contributed by atoms with Crippen molar-refractivity contribution in [3.8, 4) is 5.75 Å². The van der Waals surface area contributed by atoms with E-state index < -0.39 is 0 Å². The Hall–Kier alpha value is -2.45. The maximum Gasteiger partial charge on any atom is 0.223 e. The van der Waals surface area contributed by atoms with Crippen LogP contribution in [0.5, 0.6) is 5.75 Å². The van der Waals surface area contributed by atoms with Gasteiger partial charge in [-0.05, 0) is 43.6 Å². The maximum atomic E-state index is 12.5. The molecule has 1 fully saturated rings. The van der Waals surface area contributed by atoms with Gasteiger partial charge < -0.3 is 15.4 Å². The van der Waals surface area contributed by atoms with Crippen molar-refractivity contribution in [2.75, 3.05) is 25.5 Å². The SMILES string of the molecule is COc1ccc(CNC(=O)C2CCN(Cc3cnc(NC(C)=O)s3)CC2)cc1. The molecule has 1 aliphatic heterocycles. The number of hydrogen-bond acceptors (Lipinski definition) is 6. The van der Waals surface area contributed by atoms with E-state index in [2.05, 4.69) is 20.5 Å². The van der Waals surface area contributed by atoms with Crippen LogP contribution in [-0.4, -0.2) is 41.9 Å². The molecule has 0 aliphatic carbocycles. The third kappa shape index (κ3) is 5.77. The van der Waals surface area contributed by atoms with Gasteiger partial charge in [0.15, 0.2) is 5.13 Å². The highest BCUT2D eigenvalue weighted by molar-refractivity contribution is 7.15. The van der Waals surface area contributed by atoms with Crippen molar-refractivity contribution >= 4 is 28.3 Å². The molecule has 28 heavy (non-hydrogen) atoms. The van der Waals surface area contributed by atoms with Gasteiger partial charge >= 0.3 is 0 Å². The molecule has 0 radical (unpaired) electrons. The average Bonchev–Trinajstić information content (AvgIpc) is 3.13. The molecule has 7 nitrogen and oxygen atoms in total. The summed E-state index contributed by atoms with van der Waals surface area (Å²) in [5.74, 6) is 0.891. The second kappa shape index (κ2) is 9.66. The highest BCUT2D eigenvalue weighted by Gasteiger charge is 2.25. The number of methoxy groups -OCH3 is 1. The molecule has 8 heteroatoms. The molecular weight excluding hydrogens is 376 g/mol. The molecular formula is C20H26N4O3S. The van der Waals surface area contributed by atoms with Gasteiger partial charge in [0.2, 0.25) is 11.8 Å². The summed E-state index contributed by atoms with van der Waals surface area (Å²) in [6, 6.07) is 7.73. The van der Waals surface area contributed by atoms with Crippen molar-refractivity contribution in [2.24, 2.45) is 5.92 Å². The number of nitrogens with zero attached hydrogens (tertiary/aromatic N) is 2. The highest BCUT2D eigenvalue weighted by atomic mass is 32.1. The normalized spacial score (nSPS) is 15.2. The van der Waals surface area contributed by atoms with Crippen LogP contribution in [-0.2, 0) is 22.7 Å². The van der Waals surface area contributed by atoms with E-state index in [0.717, 1.165) is 48.7 Å². The van der Waals surface area contributed by atoms with Gasteiger partial charge in [-0.25, -0.2) is 4.98 Å². The standard InChI is InChI=1S/C20H26N4O3S/c1-14(25)23-20-22-12-18(28-20)13-24-9-7-16(8-10-24)19(26)21-11-15-3-5-17(27-2)6-4-15/h3-6,12,16H,7-11,13H2,1-2H3,(H,21,26)(H,22,23,25). The van der Waals surface area contributed by atoms with Crippen LogP contribution in [0.2, 0.25) is 0 Å². The fourth-order valence-corrected chi connectivity index (χ4v) is 4.14. The van der Waals surface area contributed by atoms with Crippen LogP contribution in [0.4, 0.5) is 5.13 Å². The summed E-state index contributed by atoms with van der Waals surface area (Å²) in [7, 11) is 1.64. The van der Waals surface area contributed by atoms with Gasteiger partial charge in [0.25, 0.3) is 0 Å². The molecule has 1 aliphatic rings. The zero-order valence-corrected chi connectivity index (χ0v) is 17.1. The van der Waals surface area contributed by atoms with Crippen molar-refractivity contribution in [3.05, 3.63) is 40.9 Å². The summed E-state index contributed by atoms with van der Waals surface area (Å²) in [6.07, 6.45) is 3.52. The van der Waals surface area contributed by atoms with E-state index in [1.165, 1.54) is 18.3 Å². The molecule has 2 amide bonds. The number of anilines is 1. The molecule has 2 heterocycles. The topological polar surface area (TPSA) is 83.6 Å². The predicted molar refractivity (Wildman–Crippen MR) is 109 cm³/mol. The Balaban J connectivity index is 1.40. The minimum atomic E-state index is -0.109. The lowest BCUT2D eigenvalue weighted by atomic mass is 9.96. The van der Waals surface area contributed by atoms with E-state index in [1.807, 2.05) is 30.5 Å². The summed E-state index contributed by atoms with van der Waals surface area (Å²) in [5, 5.41) is 6.39. The number of aromatic nitrogens is 1. The van der Waals surface area contributed by atoms with Crippen LogP contribution < -0.4 is 15.4 Å². The number of piperidine rings is 1. The minimum absolute atomic E-state index is 0.0610. The maximum absolute atomic E-state index is 12.5. The number of benzene rings is 1. The van der Waals surface area contributed by atoms with Gasteiger partial charge in [0.05, 0.1) is 7.11 Å². The van der Waals surface area contributed by atoms with Crippen LogP contribution in [0, 0.1) is 5.92 Å². The lowest BCUT2D eigenvalue weighted by Gasteiger charge is -2.30. The highest BCUT2D eigenvalue weighted by Crippen LogP contribution is 2.23. The predicted octanol–water partition coefficient (Wildman–Crippen LogP) is 2.64. The first kappa shape index (κ1) is 20.3. The number of nitrogens with one attached hydrogen (secondary N) is 2. The number of carbonyl (C=O) groups excluding carboxylic acids is 2. The number of amides is 2. The minimum Gasteiger partial charge on any atom is -0.497 e. The van der Waals surface area contributed by atoms with Crippen molar-refractivity contribution in [1.29, 1.82) is 0 Å². The van der Waals surface area contributed by atoms with Crippen LogP contribution in [0.15, 0.2) is 30.5 Å². The number of rotatable bonds is 7. The van der Waals surface area contributed by atoms with Crippen molar-refractivity contribution in [2.45, 2.75) is 32.9 Å². The third-order valence-electron chi connectivity index (χ3n) is 4.80. The summed E-state index contributed by atoms with van der Waals surface area (Å²) in [5.41, 5.74) is 1.06. The Bertz CT molecular complexity index is 798. The number of likely N-dealkylation sites (tertiary alicyclic amines) is 1. The summed E-state index contributed by atoms with van der Waals surface area (Å²) < 4.78 is 5.15. The summed E-state index contributed by atoms with van der Waals surface area (Å²) >= 11 is 1.50. The van der Waals surface area contributed by atoms with E-state index in [1.54, 1.807) is 7.11 Å². The third-order valence-corrected chi connectivity index (χ3v) is 5.70. The molecule has 0 unspecified atom stereocenters. The molecule has 3 rings (SSSR count). The largest absolute Gasteiger partial charge is 0.497 e. The molecule has 1 saturated heterocycles. The second-order valence-electron chi connectivity index (χ2n) is 6.93. The van der Waals surface area contributed by atoms with E-state index in [4.69, 9.17) is 4.74 Å². The van der Waals surface area contributed by atoms with Crippen molar-refractivity contribution < 1.29 is 14.3 Å². The van der Waals surface area contributed by atoms with Gasteiger partial charge in [-0.3, -0.25) is 14.5 Å². The Morgan fingerprint density at radius 3 is 2.61 bits per heavy atom. The smallest absolute Gasteiger partial charge is 0.223 e. The number of ether oxygens (including phenoxy) is 1. The lowest BCUT2D eigenvalue weighted by molar-refractivity contribution is -0.126. The van der Waals surface area contributed by atoms with Crippen LogP contribution in [0.1, 0.15) is 30.2 Å². The lowest BCUT2D eigenvalue weighted by Crippen LogP contribution is -2.39. The van der Waals surface area contributed by atoms with E-state index in [-0.39, 0.29) is 17.7 Å². The number of carbonyl (C=O) groups is 2. The molecule has 1 aromatic heterocycles. The Morgan fingerprint density at radius 1 is 1.25 bits per heavy atom. The first-order valence-corrected chi connectivity index (χ1v) is 10.2. The van der Waals surface area contributed by atoms with Gasteiger partial charge in [0, 0.05) is 37.0 Å². The first-order valence-electron chi connectivity index (χ1n) is 9.39. The molecule has 2 aromatic rings. The zero-order valence-electron chi connectivity index (χ0n) is 16.2. The monoisotopic (exact) mass is 402 g/mol. The van der Waals surface area contributed by atoms with Crippen LogP contribution in [0.25, 0.3) is 0 Å². The number of hydrogen-bond donors (Lipinski definition) is 2. The fourth-order valence-electron chi connectivity index (χ4n) is 3.24. The van der Waals surface area contributed by atoms with Crippen LogP contribution >= 0.6 is 11.3 Å². The quantitative estimate of drug-likeness (QED) is 0.744. The molecule has 0 atom stereocenters. The van der Waals surface area contributed by atoms with Crippen molar-refractivity contribution in [3.63, 3.8) is 0 Å². The van der Waals surface area contributed by atoms with E-state index >= 15 is 0 Å². The molecule has 0 bridgehead atoms. The fraction of sp³-hybridized carbons (Fsp3) is 0.450. The number of thiazole rings is 1. The first-order chi connectivity index (χ1) is 13.5. The van der Waals surface area contributed by atoms with Crippen molar-refractivity contribution in [1.82, 2.24) is 15.2 Å². The Morgan fingerprint density at radius 2 is 1.96 bits per heavy atom. The van der Waals surface area contributed by atoms with Gasteiger partial charge in [-0.2, -0.15) is 0 Å². The summed E-state index contributed by atoms with van der Waals surface area (Å²) in [6.45, 7) is 4.58. The molecule has 1 aromatic carbocycles. The Labute approximate surface area is 169 Å².